The maximum atomic E-state index is 13.2. The Kier molecular flexibility index (Phi) is 3.81. The fourth-order valence-electron chi connectivity index (χ4n) is 3.77. The van der Waals surface area contributed by atoms with E-state index in [1.165, 1.54) is 22.5 Å². The maximum absolute atomic E-state index is 13.2. The van der Waals surface area contributed by atoms with Gasteiger partial charge >= 0.3 is 0 Å². The summed E-state index contributed by atoms with van der Waals surface area (Å²) in [5.41, 5.74) is 2.77. The number of fused-ring (bicyclic) bond motifs is 1. The van der Waals surface area contributed by atoms with Crippen molar-refractivity contribution in [3.05, 3.63) is 76.8 Å². The van der Waals surface area contributed by atoms with Crippen LogP contribution in [0, 0.1) is 5.41 Å². The summed E-state index contributed by atoms with van der Waals surface area (Å²) in [5, 5.41) is 15.1. The largest absolute Gasteiger partial charge is 0.508 e. The highest BCUT2D eigenvalue weighted by molar-refractivity contribution is 7.13. The number of nitrogens with one attached hydrogen (secondary N) is 1. The lowest BCUT2D eigenvalue weighted by atomic mass is 9.73. The minimum absolute atomic E-state index is 0.0308. The predicted octanol–water partition coefficient (Wildman–Crippen LogP) is 4.18. The van der Waals surface area contributed by atoms with Gasteiger partial charge in [0.25, 0.3) is 0 Å². The summed E-state index contributed by atoms with van der Waals surface area (Å²) in [6.45, 7) is 2.01. The quantitative estimate of drug-likeness (QED) is 0.745. The smallest absolute Gasteiger partial charge is 0.233 e. The number of thiazole rings is 1. The molecule has 0 aliphatic heterocycles. The van der Waals surface area contributed by atoms with E-state index >= 15 is 0 Å². The van der Waals surface area contributed by atoms with Gasteiger partial charge in [-0.2, -0.15) is 0 Å². The van der Waals surface area contributed by atoms with Gasteiger partial charge in [-0.05, 0) is 42.2 Å². The SMILES string of the molecule is CC1(C(=O)Nc2nccs2)Cc2ccccc2C1c1ccc(O)cc1. The molecule has 1 aliphatic carbocycles. The van der Waals surface area contributed by atoms with Crippen molar-refractivity contribution in [3.63, 3.8) is 0 Å². The molecule has 0 saturated heterocycles. The molecule has 4 nitrogen and oxygen atoms in total. The summed E-state index contributed by atoms with van der Waals surface area (Å²) in [6, 6.07) is 15.4. The Morgan fingerprint density at radius 2 is 2.00 bits per heavy atom. The molecule has 25 heavy (non-hydrogen) atoms. The number of rotatable bonds is 3. The molecule has 0 fully saturated rings. The lowest BCUT2D eigenvalue weighted by Gasteiger charge is -2.31. The minimum Gasteiger partial charge on any atom is -0.508 e. The van der Waals surface area contributed by atoms with Crippen LogP contribution in [0.3, 0.4) is 0 Å². The molecule has 0 radical (unpaired) electrons. The number of amides is 1. The molecular formula is C20H18N2O2S. The van der Waals surface area contributed by atoms with Gasteiger partial charge in [0, 0.05) is 17.5 Å². The third kappa shape index (κ3) is 2.70. The summed E-state index contributed by atoms with van der Waals surface area (Å²) in [7, 11) is 0. The van der Waals surface area contributed by atoms with Gasteiger partial charge in [-0.15, -0.1) is 11.3 Å². The molecule has 5 heteroatoms. The normalized spacial score (nSPS) is 21.7. The number of phenols is 1. The second-order valence-corrected chi connectivity index (χ2v) is 7.50. The first-order valence-electron chi connectivity index (χ1n) is 8.15. The Labute approximate surface area is 150 Å². The first kappa shape index (κ1) is 15.8. The van der Waals surface area contributed by atoms with E-state index in [2.05, 4.69) is 22.4 Å². The van der Waals surface area contributed by atoms with Crippen LogP contribution >= 0.6 is 11.3 Å². The van der Waals surface area contributed by atoms with E-state index in [1.807, 2.05) is 36.6 Å². The zero-order valence-electron chi connectivity index (χ0n) is 13.8. The Bertz CT molecular complexity index is 906. The number of hydrogen-bond donors (Lipinski definition) is 2. The lowest BCUT2D eigenvalue weighted by molar-refractivity contribution is -0.125. The van der Waals surface area contributed by atoms with Gasteiger partial charge in [0.05, 0.1) is 5.41 Å². The van der Waals surface area contributed by atoms with Gasteiger partial charge in [-0.3, -0.25) is 4.79 Å². The molecule has 3 aromatic rings. The minimum atomic E-state index is -0.619. The number of hydrogen-bond acceptors (Lipinski definition) is 4. The molecule has 1 aromatic heterocycles. The number of carbonyl (C=O) groups is 1. The van der Waals surface area contributed by atoms with Crippen molar-refractivity contribution in [2.75, 3.05) is 5.32 Å². The van der Waals surface area contributed by atoms with Crippen LogP contribution in [0.1, 0.15) is 29.5 Å². The number of anilines is 1. The van der Waals surface area contributed by atoms with Gasteiger partial charge in [-0.25, -0.2) is 4.98 Å². The average molecular weight is 350 g/mol. The van der Waals surface area contributed by atoms with Gasteiger partial charge in [-0.1, -0.05) is 36.4 Å². The highest BCUT2D eigenvalue weighted by Crippen LogP contribution is 2.51. The molecule has 126 valence electrons. The summed E-state index contributed by atoms with van der Waals surface area (Å²) in [6.07, 6.45) is 2.36. The van der Waals surface area contributed by atoms with Crippen LogP contribution in [-0.2, 0) is 11.2 Å². The molecule has 2 unspecified atom stereocenters. The van der Waals surface area contributed by atoms with Crippen molar-refractivity contribution in [2.24, 2.45) is 5.41 Å². The zero-order chi connectivity index (χ0) is 17.4. The summed E-state index contributed by atoms with van der Waals surface area (Å²) < 4.78 is 0. The fraction of sp³-hybridized carbons (Fsp3) is 0.200. The van der Waals surface area contributed by atoms with Crippen molar-refractivity contribution >= 4 is 22.4 Å². The average Bonchev–Trinajstić information content (AvgIpc) is 3.21. The van der Waals surface area contributed by atoms with Crippen LogP contribution in [0.25, 0.3) is 0 Å². The van der Waals surface area contributed by atoms with Gasteiger partial charge in [0.1, 0.15) is 5.75 Å². The first-order chi connectivity index (χ1) is 12.1. The van der Waals surface area contributed by atoms with Crippen LogP contribution < -0.4 is 5.32 Å². The maximum Gasteiger partial charge on any atom is 0.233 e. The summed E-state index contributed by atoms with van der Waals surface area (Å²) >= 11 is 1.42. The van der Waals surface area contributed by atoms with Crippen LogP contribution in [0.4, 0.5) is 5.13 Å². The molecule has 0 bridgehead atoms. The topological polar surface area (TPSA) is 62.2 Å². The predicted molar refractivity (Wildman–Crippen MR) is 98.9 cm³/mol. The highest BCUT2D eigenvalue weighted by atomic mass is 32.1. The molecule has 0 saturated carbocycles. The van der Waals surface area contributed by atoms with Crippen molar-refractivity contribution < 1.29 is 9.90 Å². The molecule has 0 spiro atoms. The van der Waals surface area contributed by atoms with Crippen LogP contribution in [0.15, 0.2) is 60.1 Å². The second-order valence-electron chi connectivity index (χ2n) is 6.61. The van der Waals surface area contributed by atoms with Crippen molar-refractivity contribution in [1.82, 2.24) is 4.98 Å². The van der Waals surface area contributed by atoms with Crippen LogP contribution in [0.5, 0.6) is 5.75 Å². The first-order valence-corrected chi connectivity index (χ1v) is 9.03. The molecular weight excluding hydrogens is 332 g/mol. The molecule has 1 heterocycles. The molecule has 2 atom stereocenters. The number of nitrogens with zero attached hydrogens (tertiary/aromatic N) is 1. The lowest BCUT2D eigenvalue weighted by Crippen LogP contribution is -2.37. The van der Waals surface area contributed by atoms with E-state index in [0.717, 1.165) is 5.56 Å². The number of phenolic OH excluding ortho intramolecular Hbond substituents is 1. The standard InChI is InChI=1S/C20H18N2O2S/c1-20(18(24)22-19-21-10-11-25-19)12-14-4-2-3-5-16(14)17(20)13-6-8-15(23)9-7-13/h2-11,17,23H,12H2,1H3,(H,21,22,24). The fourth-order valence-corrected chi connectivity index (χ4v) is 4.29. The van der Waals surface area contributed by atoms with Gasteiger partial charge < -0.3 is 10.4 Å². The summed E-state index contributed by atoms with van der Waals surface area (Å²) in [4.78, 5) is 17.3. The van der Waals surface area contributed by atoms with Crippen LogP contribution in [-0.4, -0.2) is 16.0 Å². The summed E-state index contributed by atoms with van der Waals surface area (Å²) in [5.74, 6) is 0.130. The zero-order valence-corrected chi connectivity index (χ0v) is 14.6. The van der Waals surface area contributed by atoms with E-state index in [4.69, 9.17) is 0 Å². The Hall–Kier alpha value is -2.66. The van der Waals surface area contributed by atoms with E-state index in [-0.39, 0.29) is 17.6 Å². The van der Waals surface area contributed by atoms with Gasteiger partial charge in [0.2, 0.25) is 5.91 Å². The highest BCUT2D eigenvalue weighted by Gasteiger charge is 2.48. The molecule has 1 aliphatic rings. The number of aromatic nitrogens is 1. The van der Waals surface area contributed by atoms with E-state index in [9.17, 15) is 9.90 Å². The molecule has 2 N–H and O–H groups in total. The Balaban J connectivity index is 1.77. The second kappa shape index (κ2) is 6.01. The van der Waals surface area contributed by atoms with Crippen molar-refractivity contribution in [3.8, 4) is 5.75 Å². The van der Waals surface area contributed by atoms with E-state index < -0.39 is 5.41 Å². The van der Waals surface area contributed by atoms with Gasteiger partial charge in [0.15, 0.2) is 5.13 Å². The van der Waals surface area contributed by atoms with E-state index in [1.54, 1.807) is 18.3 Å². The molecule has 1 amide bonds. The Morgan fingerprint density at radius 1 is 1.24 bits per heavy atom. The van der Waals surface area contributed by atoms with Crippen LogP contribution in [0.2, 0.25) is 0 Å². The Morgan fingerprint density at radius 3 is 2.72 bits per heavy atom. The van der Waals surface area contributed by atoms with E-state index in [0.29, 0.717) is 11.6 Å². The third-order valence-corrected chi connectivity index (χ3v) is 5.65. The monoisotopic (exact) mass is 350 g/mol. The number of benzene rings is 2. The molecule has 4 rings (SSSR count). The van der Waals surface area contributed by atoms with Crippen molar-refractivity contribution in [2.45, 2.75) is 19.3 Å². The number of aromatic hydroxyl groups is 1. The van der Waals surface area contributed by atoms with Crippen molar-refractivity contribution in [1.29, 1.82) is 0 Å². The molecule has 2 aromatic carbocycles. The third-order valence-electron chi connectivity index (χ3n) is 4.96. The number of carbonyl (C=O) groups excluding carboxylic acids is 1.